The van der Waals surface area contributed by atoms with Crippen molar-refractivity contribution in [3.63, 3.8) is 0 Å². The molecule has 0 aliphatic carbocycles. The Hall–Kier alpha value is -3.09. The third-order valence-electron chi connectivity index (χ3n) is 3.76. The summed E-state index contributed by atoms with van der Waals surface area (Å²) in [6.07, 6.45) is -1.12. The fourth-order valence-corrected chi connectivity index (χ4v) is 2.56. The minimum absolute atomic E-state index is 0.119. The molecule has 0 radical (unpaired) electrons. The quantitative estimate of drug-likeness (QED) is 0.903. The van der Waals surface area contributed by atoms with Crippen molar-refractivity contribution in [1.29, 1.82) is 0 Å². The summed E-state index contributed by atoms with van der Waals surface area (Å²) >= 11 is 0. The Balaban J connectivity index is 1.88. The molecular weight excluding hydrogens is 310 g/mol. The SMILES string of the molecule is CC(NC(=O)O)c1ccc2c(n1)OCCN2C(=O)c1ccccc1. The zero-order valence-corrected chi connectivity index (χ0v) is 13.1. The predicted octanol–water partition coefficient (Wildman–Crippen LogP) is 2.45. The second-order valence-corrected chi connectivity index (χ2v) is 5.40. The van der Waals surface area contributed by atoms with E-state index in [9.17, 15) is 9.59 Å². The number of pyridine rings is 1. The predicted molar refractivity (Wildman–Crippen MR) is 87.4 cm³/mol. The summed E-state index contributed by atoms with van der Waals surface area (Å²) in [7, 11) is 0. The lowest BCUT2D eigenvalue weighted by Gasteiger charge is -2.29. The Bertz CT molecular complexity index is 764. The lowest BCUT2D eigenvalue weighted by atomic mass is 10.1. The molecule has 2 N–H and O–H groups in total. The first-order valence-electron chi connectivity index (χ1n) is 7.56. The van der Waals surface area contributed by atoms with Gasteiger partial charge in [0, 0.05) is 5.56 Å². The third-order valence-corrected chi connectivity index (χ3v) is 3.76. The van der Waals surface area contributed by atoms with Crippen molar-refractivity contribution in [2.75, 3.05) is 18.1 Å². The van der Waals surface area contributed by atoms with Crippen LogP contribution in [0, 0.1) is 0 Å². The first-order chi connectivity index (χ1) is 11.6. The van der Waals surface area contributed by atoms with Gasteiger partial charge in [0.2, 0.25) is 5.88 Å². The Morgan fingerprint density at radius 1 is 1.25 bits per heavy atom. The number of nitrogens with zero attached hydrogens (tertiary/aromatic N) is 2. The number of anilines is 1. The molecule has 0 bridgehead atoms. The van der Waals surface area contributed by atoms with E-state index in [0.717, 1.165) is 0 Å². The van der Waals surface area contributed by atoms with E-state index in [1.54, 1.807) is 36.1 Å². The van der Waals surface area contributed by atoms with Gasteiger partial charge in [-0.1, -0.05) is 18.2 Å². The molecule has 2 heterocycles. The lowest BCUT2D eigenvalue weighted by Crippen LogP contribution is -2.38. The molecule has 1 aliphatic heterocycles. The number of benzene rings is 1. The molecule has 24 heavy (non-hydrogen) atoms. The number of rotatable bonds is 3. The van der Waals surface area contributed by atoms with E-state index in [1.807, 2.05) is 18.2 Å². The summed E-state index contributed by atoms with van der Waals surface area (Å²) in [5.74, 6) is 0.216. The van der Waals surface area contributed by atoms with Crippen molar-refractivity contribution < 1.29 is 19.4 Å². The molecule has 2 aromatic rings. The van der Waals surface area contributed by atoms with E-state index in [-0.39, 0.29) is 5.91 Å². The molecule has 0 saturated heterocycles. The molecular formula is C17H17N3O4. The zero-order valence-electron chi connectivity index (χ0n) is 13.1. The van der Waals surface area contributed by atoms with E-state index in [4.69, 9.17) is 9.84 Å². The van der Waals surface area contributed by atoms with Gasteiger partial charge in [-0.25, -0.2) is 9.78 Å². The molecule has 0 saturated carbocycles. The van der Waals surface area contributed by atoms with Crippen molar-refractivity contribution in [2.24, 2.45) is 0 Å². The third kappa shape index (κ3) is 3.15. The number of hydrogen-bond acceptors (Lipinski definition) is 4. The number of carboxylic acid groups (broad SMARTS) is 1. The van der Waals surface area contributed by atoms with Crippen molar-refractivity contribution in [1.82, 2.24) is 10.3 Å². The molecule has 1 unspecified atom stereocenters. The van der Waals surface area contributed by atoms with E-state index >= 15 is 0 Å². The van der Waals surface area contributed by atoms with Crippen LogP contribution in [0.1, 0.15) is 29.0 Å². The lowest BCUT2D eigenvalue weighted by molar-refractivity contribution is 0.0975. The van der Waals surface area contributed by atoms with E-state index in [0.29, 0.717) is 36.0 Å². The molecule has 1 aromatic carbocycles. The van der Waals surface area contributed by atoms with Crippen LogP contribution in [0.4, 0.5) is 10.5 Å². The van der Waals surface area contributed by atoms with Gasteiger partial charge in [0.1, 0.15) is 12.3 Å². The van der Waals surface area contributed by atoms with Crippen LogP contribution in [-0.4, -0.2) is 35.2 Å². The van der Waals surface area contributed by atoms with E-state index < -0.39 is 12.1 Å². The normalized spacial score (nSPS) is 14.3. The van der Waals surface area contributed by atoms with Crippen LogP contribution in [0.25, 0.3) is 0 Å². The molecule has 1 atom stereocenters. The smallest absolute Gasteiger partial charge is 0.405 e. The minimum atomic E-state index is -1.12. The Morgan fingerprint density at radius 3 is 2.71 bits per heavy atom. The van der Waals surface area contributed by atoms with Crippen molar-refractivity contribution in [3.05, 3.63) is 53.7 Å². The maximum absolute atomic E-state index is 12.7. The minimum Gasteiger partial charge on any atom is -0.474 e. The van der Waals surface area contributed by atoms with Gasteiger partial charge in [-0.05, 0) is 31.2 Å². The maximum atomic E-state index is 12.7. The average molecular weight is 327 g/mol. The van der Waals surface area contributed by atoms with Crippen LogP contribution >= 0.6 is 0 Å². The highest BCUT2D eigenvalue weighted by molar-refractivity contribution is 6.06. The molecule has 3 rings (SSSR count). The van der Waals surface area contributed by atoms with Gasteiger partial charge in [0.25, 0.3) is 5.91 Å². The number of amides is 2. The number of carbonyl (C=O) groups is 2. The summed E-state index contributed by atoms with van der Waals surface area (Å²) in [6, 6.07) is 12.0. The molecule has 2 amide bonds. The second-order valence-electron chi connectivity index (χ2n) is 5.40. The second kappa shape index (κ2) is 6.57. The Labute approximate surface area is 138 Å². The van der Waals surface area contributed by atoms with Gasteiger partial charge in [-0.15, -0.1) is 0 Å². The largest absolute Gasteiger partial charge is 0.474 e. The summed E-state index contributed by atoms with van der Waals surface area (Å²) in [6.45, 7) is 2.46. The van der Waals surface area contributed by atoms with Gasteiger partial charge < -0.3 is 20.1 Å². The average Bonchev–Trinajstić information content (AvgIpc) is 2.60. The molecule has 1 aromatic heterocycles. The highest BCUT2D eigenvalue weighted by atomic mass is 16.5. The first kappa shape index (κ1) is 15.8. The van der Waals surface area contributed by atoms with Crippen molar-refractivity contribution >= 4 is 17.7 Å². The van der Waals surface area contributed by atoms with Gasteiger partial charge in [-0.3, -0.25) is 4.79 Å². The van der Waals surface area contributed by atoms with Gasteiger partial charge in [-0.2, -0.15) is 0 Å². The van der Waals surface area contributed by atoms with Crippen LogP contribution in [-0.2, 0) is 0 Å². The van der Waals surface area contributed by atoms with Gasteiger partial charge in [0.15, 0.2) is 0 Å². The van der Waals surface area contributed by atoms with Crippen LogP contribution in [0.3, 0.4) is 0 Å². The first-order valence-corrected chi connectivity index (χ1v) is 7.56. The highest BCUT2D eigenvalue weighted by Crippen LogP contribution is 2.32. The van der Waals surface area contributed by atoms with Crippen LogP contribution in [0.15, 0.2) is 42.5 Å². The number of fused-ring (bicyclic) bond motifs is 1. The molecule has 0 fully saturated rings. The monoisotopic (exact) mass is 327 g/mol. The molecule has 7 heteroatoms. The molecule has 1 aliphatic rings. The number of hydrogen-bond donors (Lipinski definition) is 2. The highest BCUT2D eigenvalue weighted by Gasteiger charge is 2.26. The number of carbonyl (C=O) groups excluding carboxylic acids is 1. The van der Waals surface area contributed by atoms with E-state index in [1.165, 1.54) is 0 Å². The number of nitrogens with one attached hydrogen (secondary N) is 1. The summed E-state index contributed by atoms with van der Waals surface area (Å²) in [5, 5.41) is 11.1. The summed E-state index contributed by atoms with van der Waals surface area (Å²) in [4.78, 5) is 29.4. The topological polar surface area (TPSA) is 91.8 Å². The number of ether oxygens (including phenoxy) is 1. The van der Waals surface area contributed by atoms with Crippen molar-refractivity contribution in [3.8, 4) is 5.88 Å². The van der Waals surface area contributed by atoms with Crippen LogP contribution < -0.4 is 15.0 Å². The molecule has 124 valence electrons. The van der Waals surface area contributed by atoms with Crippen LogP contribution in [0.2, 0.25) is 0 Å². The zero-order chi connectivity index (χ0) is 17.1. The van der Waals surface area contributed by atoms with E-state index in [2.05, 4.69) is 10.3 Å². The summed E-state index contributed by atoms with van der Waals surface area (Å²) < 4.78 is 5.56. The number of aromatic nitrogens is 1. The summed E-state index contributed by atoms with van der Waals surface area (Å²) in [5.41, 5.74) is 1.71. The molecule has 0 spiro atoms. The maximum Gasteiger partial charge on any atom is 0.405 e. The Morgan fingerprint density at radius 2 is 2.00 bits per heavy atom. The van der Waals surface area contributed by atoms with Gasteiger partial charge in [0.05, 0.1) is 18.3 Å². The standard InChI is InChI=1S/C17H17N3O4/c1-11(18-17(22)23)13-7-8-14-15(19-13)24-10-9-20(14)16(21)12-5-3-2-4-6-12/h2-8,11,18H,9-10H2,1H3,(H,22,23). The Kier molecular flexibility index (Phi) is 4.33. The fraction of sp³-hybridized carbons (Fsp3) is 0.235. The van der Waals surface area contributed by atoms with Crippen molar-refractivity contribution in [2.45, 2.75) is 13.0 Å². The van der Waals surface area contributed by atoms with Gasteiger partial charge >= 0.3 is 6.09 Å². The molecule has 7 nitrogen and oxygen atoms in total. The fourth-order valence-electron chi connectivity index (χ4n) is 2.56. The van der Waals surface area contributed by atoms with Crippen LogP contribution in [0.5, 0.6) is 5.88 Å².